The summed E-state index contributed by atoms with van der Waals surface area (Å²) in [6.07, 6.45) is 9.60. The molecule has 0 saturated heterocycles. The Morgan fingerprint density at radius 3 is 2.42 bits per heavy atom. The second-order valence-electron chi connectivity index (χ2n) is 9.26. The normalized spacial score (nSPS) is 17.5. The summed E-state index contributed by atoms with van der Waals surface area (Å²) in [5, 5.41) is 19.5. The molecular formula is C24H32F2N2O2S. The van der Waals surface area contributed by atoms with Crippen LogP contribution in [0.3, 0.4) is 0 Å². The van der Waals surface area contributed by atoms with E-state index >= 15 is 0 Å². The number of halogens is 2. The van der Waals surface area contributed by atoms with Gasteiger partial charge in [0.1, 0.15) is 11.6 Å². The standard InChI is InChI=1S/C24H32F2N2O2S/c1-6-31-22(23(3,4)5)7-8-24(9-10-24)27-15-21(30)20(28-16(2)29)13-17-11-18(25)14-19(26)12-17/h1,7,11-12,14,20-21,27,30H,8-10,13,15H2,2-5H3,(H,28,29)/b22-7-. The molecule has 0 aromatic heterocycles. The van der Waals surface area contributed by atoms with Crippen molar-refractivity contribution < 1.29 is 18.7 Å². The summed E-state index contributed by atoms with van der Waals surface area (Å²) >= 11 is 1.39. The third-order valence-electron chi connectivity index (χ3n) is 5.36. The molecular weight excluding hydrogens is 418 g/mol. The van der Waals surface area contributed by atoms with Crippen molar-refractivity contribution in [1.82, 2.24) is 10.6 Å². The lowest BCUT2D eigenvalue weighted by Crippen LogP contribution is -2.50. The van der Waals surface area contributed by atoms with E-state index in [1.807, 2.05) is 0 Å². The maximum atomic E-state index is 13.5. The number of terminal acetylenes is 1. The van der Waals surface area contributed by atoms with Crippen molar-refractivity contribution in [3.05, 3.63) is 46.4 Å². The van der Waals surface area contributed by atoms with Crippen molar-refractivity contribution in [3.8, 4) is 11.7 Å². The summed E-state index contributed by atoms with van der Waals surface area (Å²) < 4.78 is 27.0. The van der Waals surface area contributed by atoms with Crippen LogP contribution >= 0.6 is 11.8 Å². The number of aliphatic hydroxyl groups excluding tert-OH is 1. The van der Waals surface area contributed by atoms with E-state index in [1.165, 1.54) is 30.8 Å². The number of aliphatic hydroxyl groups is 1. The van der Waals surface area contributed by atoms with Crippen molar-refractivity contribution >= 4 is 17.7 Å². The first-order chi connectivity index (χ1) is 14.4. The number of β-amino-alcohol motifs (C(OH)–C–C–N with tert-alkyl or cyclic N) is 1. The van der Waals surface area contributed by atoms with Gasteiger partial charge in [0.05, 0.1) is 12.1 Å². The third kappa shape index (κ3) is 8.29. The maximum Gasteiger partial charge on any atom is 0.217 e. The van der Waals surface area contributed by atoms with Gasteiger partial charge in [0.25, 0.3) is 0 Å². The number of carbonyl (C=O) groups excluding carboxylic acids is 1. The lowest BCUT2D eigenvalue weighted by atomic mass is 9.94. The number of amides is 1. The molecule has 4 nitrogen and oxygen atoms in total. The van der Waals surface area contributed by atoms with Crippen LogP contribution in [-0.2, 0) is 11.2 Å². The molecule has 0 heterocycles. The van der Waals surface area contributed by atoms with E-state index in [0.29, 0.717) is 5.56 Å². The summed E-state index contributed by atoms with van der Waals surface area (Å²) in [6.45, 7) is 7.96. The quantitative estimate of drug-likeness (QED) is 0.469. The van der Waals surface area contributed by atoms with Crippen molar-refractivity contribution in [2.45, 2.75) is 71.1 Å². The van der Waals surface area contributed by atoms with Gasteiger partial charge in [0.2, 0.25) is 5.91 Å². The van der Waals surface area contributed by atoms with E-state index in [0.717, 1.165) is 30.2 Å². The Balaban J connectivity index is 2.02. The van der Waals surface area contributed by atoms with Crippen molar-refractivity contribution in [2.24, 2.45) is 5.41 Å². The van der Waals surface area contributed by atoms with E-state index in [2.05, 4.69) is 42.7 Å². The van der Waals surface area contributed by atoms with E-state index in [9.17, 15) is 18.7 Å². The monoisotopic (exact) mass is 450 g/mol. The van der Waals surface area contributed by atoms with Crippen LogP contribution in [0.2, 0.25) is 0 Å². The summed E-state index contributed by atoms with van der Waals surface area (Å²) in [5.41, 5.74) is 0.238. The van der Waals surface area contributed by atoms with Crippen LogP contribution < -0.4 is 10.6 Å². The molecule has 1 aliphatic carbocycles. The second kappa shape index (κ2) is 10.6. The largest absolute Gasteiger partial charge is 0.390 e. The first-order valence-electron chi connectivity index (χ1n) is 10.4. The number of hydrogen-bond donors (Lipinski definition) is 3. The third-order valence-corrected chi connectivity index (χ3v) is 6.47. The Kier molecular flexibility index (Phi) is 8.70. The topological polar surface area (TPSA) is 61.4 Å². The molecule has 3 N–H and O–H groups in total. The van der Waals surface area contributed by atoms with Gasteiger partial charge in [0.15, 0.2) is 0 Å². The number of thioether (sulfide) groups is 1. The minimum absolute atomic E-state index is 0.0383. The van der Waals surface area contributed by atoms with Gasteiger partial charge in [-0.25, -0.2) is 8.78 Å². The Morgan fingerprint density at radius 2 is 1.94 bits per heavy atom. The Morgan fingerprint density at radius 1 is 1.32 bits per heavy atom. The number of rotatable bonds is 10. The van der Waals surface area contributed by atoms with Crippen LogP contribution in [0.25, 0.3) is 0 Å². The van der Waals surface area contributed by atoms with Crippen LogP contribution in [0.1, 0.15) is 52.5 Å². The lowest BCUT2D eigenvalue weighted by Gasteiger charge is -2.27. The van der Waals surface area contributed by atoms with Crippen molar-refractivity contribution in [2.75, 3.05) is 6.54 Å². The van der Waals surface area contributed by atoms with Crippen molar-refractivity contribution in [1.29, 1.82) is 0 Å². The molecule has 0 spiro atoms. The minimum atomic E-state index is -0.918. The van der Waals surface area contributed by atoms with Crippen LogP contribution in [0, 0.1) is 28.7 Å². The Labute approximate surface area is 188 Å². The number of hydrogen-bond acceptors (Lipinski definition) is 4. The highest BCUT2D eigenvalue weighted by Gasteiger charge is 2.42. The zero-order valence-corrected chi connectivity index (χ0v) is 19.4. The molecule has 170 valence electrons. The fraction of sp³-hybridized carbons (Fsp3) is 0.542. The van der Waals surface area contributed by atoms with Gasteiger partial charge in [0, 0.05) is 25.1 Å². The molecule has 1 aromatic rings. The molecule has 0 radical (unpaired) electrons. The molecule has 1 aliphatic rings. The van der Waals surface area contributed by atoms with Gasteiger partial charge in [-0.1, -0.05) is 26.8 Å². The minimum Gasteiger partial charge on any atom is -0.390 e. The highest BCUT2D eigenvalue weighted by atomic mass is 32.2. The molecule has 7 heteroatoms. The summed E-state index contributed by atoms with van der Waals surface area (Å²) in [5.74, 6) is -1.69. The fourth-order valence-corrected chi connectivity index (χ4v) is 4.05. The number of benzene rings is 1. The smallest absolute Gasteiger partial charge is 0.217 e. The van der Waals surface area contributed by atoms with Crippen LogP contribution in [-0.4, -0.2) is 35.2 Å². The van der Waals surface area contributed by atoms with Crippen LogP contribution in [0.4, 0.5) is 8.78 Å². The second-order valence-corrected chi connectivity index (χ2v) is 10.1. The zero-order chi connectivity index (χ0) is 23.2. The molecule has 1 amide bonds. The SMILES string of the molecule is C#CS/C(=C\CC1(NCC(O)C(Cc2cc(F)cc(F)c2)NC(C)=O)CC1)C(C)(C)C. The predicted molar refractivity (Wildman–Crippen MR) is 122 cm³/mol. The van der Waals surface area contributed by atoms with E-state index in [-0.39, 0.29) is 29.8 Å². The molecule has 2 unspecified atom stereocenters. The van der Waals surface area contributed by atoms with Crippen LogP contribution in [0.5, 0.6) is 0 Å². The molecule has 1 aromatic carbocycles. The molecule has 1 fully saturated rings. The molecule has 2 rings (SSSR count). The summed E-state index contributed by atoms with van der Waals surface area (Å²) in [4.78, 5) is 12.7. The van der Waals surface area contributed by atoms with E-state index < -0.39 is 23.8 Å². The fourth-order valence-electron chi connectivity index (χ4n) is 3.45. The van der Waals surface area contributed by atoms with E-state index in [4.69, 9.17) is 6.42 Å². The highest BCUT2D eigenvalue weighted by molar-refractivity contribution is 8.07. The number of carbonyl (C=O) groups is 1. The van der Waals surface area contributed by atoms with Crippen LogP contribution in [0.15, 0.2) is 29.2 Å². The Bertz CT molecular complexity index is 834. The molecule has 0 aliphatic heterocycles. The molecule has 31 heavy (non-hydrogen) atoms. The molecule has 2 atom stereocenters. The van der Waals surface area contributed by atoms with Gasteiger partial charge in [-0.2, -0.15) is 0 Å². The van der Waals surface area contributed by atoms with Gasteiger partial charge in [-0.05, 0) is 70.7 Å². The average molecular weight is 451 g/mol. The van der Waals surface area contributed by atoms with E-state index in [1.54, 1.807) is 0 Å². The van der Waals surface area contributed by atoms with Crippen molar-refractivity contribution in [3.63, 3.8) is 0 Å². The predicted octanol–water partition coefficient (Wildman–Crippen LogP) is 4.14. The first kappa shape index (κ1) is 25.4. The Hall–Kier alpha value is -1.88. The first-order valence-corrected chi connectivity index (χ1v) is 11.2. The number of allylic oxidation sites excluding steroid dienone is 1. The van der Waals surface area contributed by atoms with Gasteiger partial charge < -0.3 is 15.7 Å². The van der Waals surface area contributed by atoms with Gasteiger partial charge in [-0.15, -0.1) is 6.42 Å². The van der Waals surface area contributed by atoms with Gasteiger partial charge >= 0.3 is 0 Å². The summed E-state index contributed by atoms with van der Waals surface area (Å²) in [6, 6.07) is 2.55. The molecule has 0 bridgehead atoms. The summed E-state index contributed by atoms with van der Waals surface area (Å²) in [7, 11) is 0. The molecule has 1 saturated carbocycles. The lowest BCUT2D eigenvalue weighted by molar-refractivity contribution is -0.120. The highest BCUT2D eigenvalue weighted by Crippen LogP contribution is 2.42. The van der Waals surface area contributed by atoms with Gasteiger partial charge in [-0.3, -0.25) is 4.79 Å². The average Bonchev–Trinajstić information content (AvgIpc) is 3.41. The zero-order valence-electron chi connectivity index (χ0n) is 18.6. The number of nitrogens with one attached hydrogen (secondary N) is 2. The maximum absolute atomic E-state index is 13.5.